The van der Waals surface area contributed by atoms with Crippen LogP contribution in [0.15, 0.2) is 60.7 Å². The topological polar surface area (TPSA) is 9.23 Å². The standard InChI is InChI=1S/C26H42Ge2O/c1-9-21-27(23-17-13-11-14-18-23,24-19-15-12-16-20-24)29-28(22-10-2,25(3,4)5)26(6,7)8/h11-20H,9-10,21-22H2,1-8H3. The second kappa shape index (κ2) is 9.74. The van der Waals surface area contributed by atoms with Crippen LogP contribution >= 0.6 is 0 Å². The number of hydrogen-bond acceptors (Lipinski definition) is 1. The molecule has 2 aromatic carbocycles. The Balaban J connectivity index is 2.83. The maximum atomic E-state index is 7.98. The fourth-order valence-electron chi connectivity index (χ4n) is 5.27. The van der Waals surface area contributed by atoms with E-state index >= 15 is 0 Å². The van der Waals surface area contributed by atoms with Crippen molar-refractivity contribution >= 4 is 36.0 Å². The summed E-state index contributed by atoms with van der Waals surface area (Å²) in [6.07, 6.45) is 2.38. The maximum absolute atomic E-state index is 7.98. The molecule has 1 nitrogen and oxygen atoms in total. The van der Waals surface area contributed by atoms with E-state index in [-0.39, 0.29) is 8.49 Å². The average Bonchev–Trinajstić information content (AvgIpc) is 2.66. The Labute approximate surface area is 186 Å². The van der Waals surface area contributed by atoms with Gasteiger partial charge < -0.3 is 0 Å². The number of benzene rings is 2. The van der Waals surface area contributed by atoms with Crippen molar-refractivity contribution in [2.45, 2.75) is 87.2 Å². The van der Waals surface area contributed by atoms with E-state index in [2.05, 4.69) is 116 Å². The third-order valence-corrected chi connectivity index (χ3v) is 36.0. The monoisotopic (exact) mass is 518 g/mol. The minimum absolute atomic E-state index is 0.224. The van der Waals surface area contributed by atoms with Crippen LogP contribution < -0.4 is 8.79 Å². The molecule has 0 radical (unpaired) electrons. The Morgan fingerprint density at radius 3 is 1.31 bits per heavy atom. The Morgan fingerprint density at radius 1 is 0.621 bits per heavy atom. The van der Waals surface area contributed by atoms with Crippen LogP contribution in [0.25, 0.3) is 0 Å². The van der Waals surface area contributed by atoms with Crippen LogP contribution in [-0.4, -0.2) is 27.2 Å². The van der Waals surface area contributed by atoms with Crippen LogP contribution in [0.5, 0.6) is 0 Å². The Kier molecular flexibility index (Phi) is 8.32. The molecule has 0 aliphatic rings. The van der Waals surface area contributed by atoms with Gasteiger partial charge in [-0.25, -0.2) is 0 Å². The van der Waals surface area contributed by atoms with Crippen molar-refractivity contribution in [3.05, 3.63) is 60.7 Å². The van der Waals surface area contributed by atoms with E-state index in [1.807, 2.05) is 0 Å². The molecule has 0 heterocycles. The Bertz CT molecular complexity index is 688. The second-order valence-corrected chi connectivity index (χ2v) is 30.9. The van der Waals surface area contributed by atoms with Gasteiger partial charge in [-0.15, -0.1) is 0 Å². The molecular formula is C26H42Ge2O. The summed E-state index contributed by atoms with van der Waals surface area (Å²) in [5, 5.41) is 2.46. The normalized spacial score (nSPS) is 13.5. The summed E-state index contributed by atoms with van der Waals surface area (Å²) < 4.78 is 11.4. The summed E-state index contributed by atoms with van der Waals surface area (Å²) in [6, 6.07) is 22.5. The molecule has 29 heavy (non-hydrogen) atoms. The van der Waals surface area contributed by atoms with Crippen LogP contribution in [-0.2, 0) is 2.79 Å². The first-order chi connectivity index (χ1) is 13.5. The number of hydrogen-bond donors (Lipinski definition) is 0. The third kappa shape index (κ3) is 5.05. The van der Waals surface area contributed by atoms with Gasteiger partial charge in [0.05, 0.1) is 0 Å². The van der Waals surface area contributed by atoms with Gasteiger partial charge in [0.25, 0.3) is 0 Å². The fraction of sp³-hybridized carbons (Fsp3) is 0.538. The molecule has 0 atom stereocenters. The van der Waals surface area contributed by atoms with Crippen LogP contribution in [0.1, 0.15) is 68.2 Å². The van der Waals surface area contributed by atoms with Gasteiger partial charge in [-0.05, 0) is 0 Å². The summed E-state index contributed by atoms with van der Waals surface area (Å²) in [5.41, 5.74) is 0. The molecule has 0 aliphatic heterocycles. The van der Waals surface area contributed by atoms with E-state index in [0.29, 0.717) is 0 Å². The van der Waals surface area contributed by atoms with Crippen molar-refractivity contribution < 1.29 is 2.79 Å². The molecule has 0 bridgehead atoms. The van der Waals surface area contributed by atoms with Crippen molar-refractivity contribution in [2.24, 2.45) is 0 Å². The van der Waals surface area contributed by atoms with E-state index < -0.39 is 27.2 Å². The molecule has 2 aromatic rings. The molecule has 0 aliphatic carbocycles. The molecule has 0 saturated carbocycles. The molecular weight excluding hydrogens is 474 g/mol. The van der Waals surface area contributed by atoms with E-state index in [9.17, 15) is 0 Å². The van der Waals surface area contributed by atoms with Crippen molar-refractivity contribution in [3.8, 4) is 0 Å². The molecule has 2 rings (SSSR count). The molecule has 0 N–H and O–H groups in total. The summed E-state index contributed by atoms with van der Waals surface area (Å²) >= 11 is -5.89. The predicted molar refractivity (Wildman–Crippen MR) is 134 cm³/mol. The quantitative estimate of drug-likeness (QED) is 0.340. The molecule has 0 spiro atoms. The summed E-state index contributed by atoms with van der Waals surface area (Å²) in [7, 11) is 0. The van der Waals surface area contributed by atoms with Gasteiger partial charge in [0.1, 0.15) is 0 Å². The van der Waals surface area contributed by atoms with Crippen molar-refractivity contribution in [2.75, 3.05) is 0 Å². The van der Waals surface area contributed by atoms with Crippen molar-refractivity contribution in [1.29, 1.82) is 0 Å². The van der Waals surface area contributed by atoms with E-state index in [4.69, 9.17) is 2.79 Å². The zero-order valence-corrected chi connectivity index (χ0v) is 24.2. The molecule has 3 heteroatoms. The SMILES string of the molecule is CC[CH2][Ge]([O][Ge]([CH2]CC)([C](C)(C)C)[C](C)(C)C)([c]1ccccc1)[c]1ccccc1. The first-order valence-electron chi connectivity index (χ1n) is 11.4. The van der Waals surface area contributed by atoms with Crippen molar-refractivity contribution in [1.82, 2.24) is 0 Å². The van der Waals surface area contributed by atoms with Gasteiger partial charge >= 0.3 is 187 Å². The molecule has 0 aromatic heterocycles. The molecule has 0 saturated heterocycles. The molecule has 160 valence electrons. The third-order valence-electron chi connectivity index (χ3n) is 6.46. The van der Waals surface area contributed by atoms with Crippen LogP contribution in [0.3, 0.4) is 0 Å². The molecule has 0 unspecified atom stereocenters. The minimum atomic E-state index is -3.05. The summed E-state index contributed by atoms with van der Waals surface area (Å²) in [5.74, 6) is 0. The van der Waals surface area contributed by atoms with Gasteiger partial charge in [-0.1, -0.05) is 0 Å². The predicted octanol–water partition coefficient (Wildman–Crippen LogP) is 7.13. The summed E-state index contributed by atoms with van der Waals surface area (Å²) in [4.78, 5) is 0. The van der Waals surface area contributed by atoms with Gasteiger partial charge in [0, 0.05) is 0 Å². The number of rotatable bonds is 8. The average molecular weight is 516 g/mol. The zero-order valence-electron chi connectivity index (χ0n) is 20.0. The van der Waals surface area contributed by atoms with E-state index in [1.54, 1.807) is 0 Å². The first kappa shape index (κ1) is 24.8. The van der Waals surface area contributed by atoms with Gasteiger partial charge in [-0.2, -0.15) is 0 Å². The van der Waals surface area contributed by atoms with Gasteiger partial charge in [0.15, 0.2) is 0 Å². The van der Waals surface area contributed by atoms with Crippen LogP contribution in [0.2, 0.25) is 19.0 Å². The van der Waals surface area contributed by atoms with Gasteiger partial charge in [0.2, 0.25) is 0 Å². The fourth-order valence-corrected chi connectivity index (χ4v) is 42.5. The second-order valence-electron chi connectivity index (χ2n) is 10.5. The Hall–Kier alpha value is -0.514. The molecule has 0 amide bonds. The zero-order chi connectivity index (χ0) is 21.8. The first-order valence-corrected chi connectivity index (χ1v) is 20.2. The molecule has 0 fully saturated rings. The van der Waals surface area contributed by atoms with Crippen LogP contribution in [0.4, 0.5) is 0 Å². The van der Waals surface area contributed by atoms with Crippen LogP contribution in [0, 0.1) is 0 Å². The summed E-state index contributed by atoms with van der Waals surface area (Å²) in [6.45, 7) is 19.4. The Morgan fingerprint density at radius 2 is 1.00 bits per heavy atom. The van der Waals surface area contributed by atoms with E-state index in [1.165, 1.54) is 32.1 Å². The van der Waals surface area contributed by atoms with Gasteiger partial charge in [-0.3, -0.25) is 0 Å². The van der Waals surface area contributed by atoms with E-state index in [0.717, 1.165) is 0 Å². The van der Waals surface area contributed by atoms with Crippen molar-refractivity contribution in [3.63, 3.8) is 0 Å².